The van der Waals surface area contributed by atoms with E-state index in [1.807, 2.05) is 0 Å². The first kappa shape index (κ1) is 31.6. The van der Waals surface area contributed by atoms with E-state index in [9.17, 15) is 22.4 Å². The van der Waals surface area contributed by atoms with Gasteiger partial charge in [-0.2, -0.15) is 23.1 Å². The molecule has 2 bridgehead atoms. The summed E-state index contributed by atoms with van der Waals surface area (Å²) < 4.78 is 81.7. The zero-order chi connectivity index (χ0) is 34.1. The molecule has 0 spiro atoms. The van der Waals surface area contributed by atoms with Crippen molar-refractivity contribution in [3.8, 4) is 35.4 Å². The van der Waals surface area contributed by atoms with Gasteiger partial charge in [0.2, 0.25) is 0 Å². The van der Waals surface area contributed by atoms with Crippen LogP contribution in [0.4, 0.5) is 27.8 Å². The van der Waals surface area contributed by atoms with Crippen molar-refractivity contribution in [2.45, 2.75) is 49.6 Å². The second-order valence-corrected chi connectivity index (χ2v) is 13.4. The second kappa shape index (κ2) is 11.8. The molecule has 1 N–H and O–H groups in total. The van der Waals surface area contributed by atoms with Crippen LogP contribution in [0.15, 0.2) is 36.5 Å². The maximum atomic E-state index is 17.0. The standard InChI is InChI=1S/C35H31F5N6O3/c1-2-20-5-3-6-21-10-24(49-32(47)35(38,39)40)11-25(27(20)21)29-28(37)30-26(14-42-29)31(45-15-19-9-23(17-45)41-13-19)44-33(43-30)48-18-34-7-4-8-46(34)16-22(36)12-34/h1,3,5-6,10-11,14,19,22-23,41H,4,7-9,12-13,15-18H2/t19-,22+,23-,34-/m0/s1. The number of aromatic nitrogens is 3. The van der Waals surface area contributed by atoms with Crippen LogP contribution in [-0.4, -0.2) is 89.1 Å². The van der Waals surface area contributed by atoms with E-state index in [2.05, 4.69) is 35.7 Å². The molecule has 8 rings (SSSR count). The lowest BCUT2D eigenvalue weighted by Gasteiger charge is -2.33. The summed E-state index contributed by atoms with van der Waals surface area (Å²) in [6.45, 7) is 3.38. The molecule has 2 aromatic carbocycles. The van der Waals surface area contributed by atoms with Crippen molar-refractivity contribution >= 4 is 33.5 Å². The number of nitrogens with one attached hydrogen (secondary N) is 1. The number of ether oxygens (including phenoxy) is 2. The molecule has 0 amide bonds. The average Bonchev–Trinajstić information content (AvgIpc) is 3.72. The molecule has 4 atom stereocenters. The number of pyridine rings is 1. The summed E-state index contributed by atoms with van der Waals surface area (Å²) in [6.07, 6.45) is 4.00. The van der Waals surface area contributed by atoms with Crippen molar-refractivity contribution in [1.82, 2.24) is 25.2 Å². The molecule has 14 heteroatoms. The maximum Gasteiger partial charge on any atom is 0.491 e. The third-order valence-corrected chi connectivity index (χ3v) is 10.2. The molecule has 4 saturated heterocycles. The number of hydrogen-bond acceptors (Lipinski definition) is 9. The number of anilines is 1. The predicted molar refractivity (Wildman–Crippen MR) is 171 cm³/mol. The Bertz CT molecular complexity index is 2020. The van der Waals surface area contributed by atoms with E-state index in [0.29, 0.717) is 59.5 Å². The molecule has 9 nitrogen and oxygen atoms in total. The average molecular weight is 679 g/mol. The van der Waals surface area contributed by atoms with Crippen molar-refractivity contribution in [1.29, 1.82) is 0 Å². The summed E-state index contributed by atoms with van der Waals surface area (Å²) in [5.41, 5.74) is -0.534. The number of nitrogens with zero attached hydrogens (tertiary/aromatic N) is 5. The molecule has 0 unspecified atom stereocenters. The van der Waals surface area contributed by atoms with Crippen molar-refractivity contribution in [2.24, 2.45) is 5.92 Å². The Balaban J connectivity index is 1.27. The first-order valence-corrected chi connectivity index (χ1v) is 16.2. The number of esters is 1. The fourth-order valence-electron chi connectivity index (χ4n) is 8.10. The molecule has 0 aliphatic carbocycles. The molecule has 6 heterocycles. The quantitative estimate of drug-likeness (QED) is 0.128. The Hall–Kier alpha value is -4.61. The molecular weight excluding hydrogens is 647 g/mol. The lowest BCUT2D eigenvalue weighted by atomic mass is 9.95. The number of benzene rings is 2. The molecule has 0 radical (unpaired) electrons. The second-order valence-electron chi connectivity index (χ2n) is 13.4. The van der Waals surface area contributed by atoms with Gasteiger partial charge in [0.05, 0.1) is 10.9 Å². The van der Waals surface area contributed by atoms with Crippen molar-refractivity contribution in [3.63, 3.8) is 0 Å². The Kier molecular flexibility index (Phi) is 7.60. The number of alkyl halides is 4. The van der Waals surface area contributed by atoms with E-state index in [1.54, 1.807) is 18.2 Å². The minimum absolute atomic E-state index is 0.0127. The number of fused-ring (bicyclic) bond motifs is 5. The monoisotopic (exact) mass is 678 g/mol. The van der Waals surface area contributed by atoms with E-state index in [4.69, 9.17) is 16.1 Å². The molecule has 49 heavy (non-hydrogen) atoms. The van der Waals surface area contributed by atoms with Crippen LogP contribution >= 0.6 is 0 Å². The summed E-state index contributed by atoms with van der Waals surface area (Å²) in [5, 5.41) is 4.46. The molecule has 4 fully saturated rings. The van der Waals surface area contributed by atoms with E-state index in [1.165, 1.54) is 12.3 Å². The van der Waals surface area contributed by atoms with Gasteiger partial charge in [-0.05, 0) is 55.3 Å². The van der Waals surface area contributed by atoms with Crippen LogP contribution in [0.2, 0.25) is 0 Å². The van der Waals surface area contributed by atoms with Crippen LogP contribution in [-0.2, 0) is 4.79 Å². The van der Waals surface area contributed by atoms with Crippen LogP contribution in [0, 0.1) is 24.1 Å². The normalized spacial score (nSPS) is 25.1. The number of carbonyl (C=O) groups is 1. The molecule has 4 aliphatic rings. The Labute approximate surface area is 277 Å². The summed E-state index contributed by atoms with van der Waals surface area (Å²) in [6, 6.07) is 7.24. The van der Waals surface area contributed by atoms with Gasteiger partial charge >= 0.3 is 18.2 Å². The highest BCUT2D eigenvalue weighted by Gasteiger charge is 2.49. The molecule has 254 valence electrons. The summed E-state index contributed by atoms with van der Waals surface area (Å²) in [7, 11) is 0. The molecule has 2 aromatic heterocycles. The van der Waals surface area contributed by atoms with Crippen LogP contribution in [0.25, 0.3) is 32.9 Å². The number of piperidine rings is 1. The van der Waals surface area contributed by atoms with Crippen LogP contribution in [0.3, 0.4) is 0 Å². The van der Waals surface area contributed by atoms with Crippen LogP contribution in [0.1, 0.15) is 31.2 Å². The third-order valence-electron chi connectivity index (χ3n) is 10.2. The van der Waals surface area contributed by atoms with Crippen LogP contribution < -0.4 is 19.7 Å². The fourth-order valence-corrected chi connectivity index (χ4v) is 8.10. The summed E-state index contributed by atoms with van der Waals surface area (Å²) >= 11 is 0. The lowest BCUT2D eigenvalue weighted by molar-refractivity contribution is -0.189. The molecular formula is C35H31F5N6O3. The Morgan fingerprint density at radius 2 is 2.04 bits per heavy atom. The number of rotatable bonds is 6. The van der Waals surface area contributed by atoms with Gasteiger partial charge in [0, 0.05) is 61.4 Å². The molecule has 0 saturated carbocycles. The van der Waals surface area contributed by atoms with Gasteiger partial charge < -0.3 is 19.7 Å². The number of halogens is 5. The first-order chi connectivity index (χ1) is 23.5. The highest BCUT2D eigenvalue weighted by atomic mass is 19.4. The zero-order valence-corrected chi connectivity index (χ0v) is 26.2. The lowest BCUT2D eigenvalue weighted by Crippen LogP contribution is -2.44. The number of terminal acetylenes is 1. The fraction of sp³-hybridized carbons (Fsp3) is 0.429. The largest absolute Gasteiger partial charge is 0.491 e. The van der Waals surface area contributed by atoms with Gasteiger partial charge in [-0.1, -0.05) is 18.1 Å². The van der Waals surface area contributed by atoms with E-state index in [-0.39, 0.29) is 35.4 Å². The van der Waals surface area contributed by atoms with Gasteiger partial charge in [0.15, 0.2) is 5.82 Å². The third kappa shape index (κ3) is 5.58. The first-order valence-electron chi connectivity index (χ1n) is 16.2. The van der Waals surface area contributed by atoms with Gasteiger partial charge in [-0.25, -0.2) is 13.6 Å². The van der Waals surface area contributed by atoms with E-state index in [0.717, 1.165) is 38.4 Å². The smallest absolute Gasteiger partial charge is 0.461 e. The highest BCUT2D eigenvalue weighted by Crippen LogP contribution is 2.42. The maximum absolute atomic E-state index is 17.0. The van der Waals surface area contributed by atoms with Crippen molar-refractivity contribution in [2.75, 3.05) is 44.2 Å². The van der Waals surface area contributed by atoms with Gasteiger partial charge in [-0.15, -0.1) is 6.42 Å². The highest BCUT2D eigenvalue weighted by molar-refractivity contribution is 6.03. The van der Waals surface area contributed by atoms with Crippen molar-refractivity contribution < 1.29 is 36.2 Å². The zero-order valence-electron chi connectivity index (χ0n) is 26.2. The summed E-state index contributed by atoms with van der Waals surface area (Å²) in [5.74, 6) is -0.440. The SMILES string of the molecule is C#Cc1cccc2cc(OC(=O)C(F)(F)F)cc(-c3ncc4c(N5C[C@@H]6CN[C@@H](C6)C5)nc(OC[C@@]56CCCN5C[C@H](F)C6)nc4c3F)c12. The predicted octanol–water partition coefficient (Wildman–Crippen LogP) is 5.19. The topological polar surface area (TPSA) is 92.7 Å². The Morgan fingerprint density at radius 3 is 2.84 bits per heavy atom. The number of carbonyl (C=O) groups excluding carboxylic acids is 1. The molecule has 4 aliphatic heterocycles. The van der Waals surface area contributed by atoms with Crippen molar-refractivity contribution in [3.05, 3.63) is 47.9 Å². The van der Waals surface area contributed by atoms with E-state index < -0.39 is 35.4 Å². The minimum Gasteiger partial charge on any atom is -0.461 e. The number of hydrogen-bond donors (Lipinski definition) is 1. The van der Waals surface area contributed by atoms with Gasteiger partial charge in [0.1, 0.15) is 35.6 Å². The van der Waals surface area contributed by atoms with Crippen LogP contribution in [0.5, 0.6) is 11.8 Å². The summed E-state index contributed by atoms with van der Waals surface area (Å²) in [4.78, 5) is 29.7. The minimum atomic E-state index is -5.26. The Morgan fingerprint density at radius 1 is 1.18 bits per heavy atom. The van der Waals surface area contributed by atoms with E-state index >= 15 is 4.39 Å². The van der Waals surface area contributed by atoms with Gasteiger partial charge in [0.25, 0.3) is 0 Å². The molecule has 4 aromatic rings. The van der Waals surface area contributed by atoms with Gasteiger partial charge in [-0.3, -0.25) is 9.88 Å².